The number of anilines is 1. The first-order chi connectivity index (χ1) is 15.8. The summed E-state index contributed by atoms with van der Waals surface area (Å²) in [6.07, 6.45) is 1.18. The third-order valence-electron chi connectivity index (χ3n) is 5.78. The normalized spacial score (nSPS) is 18.8. The minimum atomic E-state index is -0.728. The Morgan fingerprint density at radius 1 is 1.18 bits per heavy atom. The molecule has 2 aromatic carbocycles. The number of halogens is 2. The lowest BCUT2D eigenvalue weighted by atomic mass is 10.00. The zero-order chi connectivity index (χ0) is 23.7. The minimum absolute atomic E-state index is 0.0511. The molecule has 2 aliphatic heterocycles. The number of fused-ring (bicyclic) bond motifs is 3. The number of benzene rings is 2. The highest BCUT2D eigenvalue weighted by Gasteiger charge is 2.43. The van der Waals surface area contributed by atoms with E-state index in [9.17, 15) is 18.4 Å². The van der Waals surface area contributed by atoms with E-state index in [1.807, 2.05) is 38.1 Å². The van der Waals surface area contributed by atoms with Gasteiger partial charge in [-0.05, 0) is 36.6 Å². The zero-order valence-electron chi connectivity index (χ0n) is 18.5. The Kier molecular flexibility index (Phi) is 6.60. The van der Waals surface area contributed by atoms with Crippen molar-refractivity contribution in [3.05, 3.63) is 59.7 Å². The molecule has 0 saturated carbocycles. The Morgan fingerprint density at radius 3 is 2.67 bits per heavy atom. The van der Waals surface area contributed by atoms with Gasteiger partial charge in [-0.1, -0.05) is 51.1 Å². The summed E-state index contributed by atoms with van der Waals surface area (Å²) >= 11 is 1.11. The van der Waals surface area contributed by atoms with Gasteiger partial charge in [0, 0.05) is 11.6 Å². The quantitative estimate of drug-likeness (QED) is 0.637. The maximum atomic E-state index is 14.0. The van der Waals surface area contributed by atoms with Gasteiger partial charge in [-0.15, -0.1) is 0 Å². The molecule has 3 atom stereocenters. The Balaban J connectivity index is 1.64. The molecule has 0 fully saturated rings. The number of hydrogen-bond acceptors (Lipinski definition) is 5. The van der Waals surface area contributed by atoms with E-state index < -0.39 is 28.8 Å². The maximum absolute atomic E-state index is 14.0. The van der Waals surface area contributed by atoms with Gasteiger partial charge in [-0.2, -0.15) is 0 Å². The van der Waals surface area contributed by atoms with E-state index in [0.717, 1.165) is 41.9 Å². The number of thioether (sulfide) groups is 1. The Morgan fingerprint density at radius 2 is 1.94 bits per heavy atom. The predicted octanol–water partition coefficient (Wildman–Crippen LogP) is 5.12. The summed E-state index contributed by atoms with van der Waals surface area (Å²) in [5.74, 6) is -1.47. The number of amidine groups is 2. The van der Waals surface area contributed by atoms with Crippen molar-refractivity contribution in [2.24, 2.45) is 15.9 Å². The molecule has 0 saturated heterocycles. The van der Waals surface area contributed by atoms with E-state index in [1.165, 1.54) is 4.90 Å². The van der Waals surface area contributed by atoms with Gasteiger partial charge in [0.2, 0.25) is 5.91 Å². The molecule has 0 radical (unpaired) electrons. The van der Waals surface area contributed by atoms with Crippen molar-refractivity contribution in [3.63, 3.8) is 0 Å². The second-order valence-electron chi connectivity index (χ2n) is 8.00. The molecule has 172 valence electrons. The largest absolute Gasteiger partial charge is 0.323 e. The van der Waals surface area contributed by atoms with E-state index >= 15 is 0 Å². The SMILES string of the molecule is CC[C@H](SC1=Nc2ccccc2C2=N[C@H]([C@@H](C)CC)C(=O)N12)C(=O)Nc1cc(F)ccc1F. The van der Waals surface area contributed by atoms with Gasteiger partial charge in [0.25, 0.3) is 5.91 Å². The van der Waals surface area contributed by atoms with Crippen LogP contribution in [0.4, 0.5) is 20.2 Å². The van der Waals surface area contributed by atoms with Crippen molar-refractivity contribution < 1.29 is 18.4 Å². The molecule has 4 rings (SSSR count). The highest BCUT2D eigenvalue weighted by Crippen LogP contribution is 2.36. The fourth-order valence-corrected chi connectivity index (χ4v) is 4.72. The molecule has 0 spiro atoms. The molecule has 2 heterocycles. The Hall–Kier alpha value is -3.07. The van der Waals surface area contributed by atoms with Gasteiger partial charge in [-0.3, -0.25) is 14.6 Å². The molecule has 2 amide bonds. The fourth-order valence-electron chi connectivity index (χ4n) is 3.70. The van der Waals surface area contributed by atoms with Crippen molar-refractivity contribution in [1.29, 1.82) is 0 Å². The molecule has 0 unspecified atom stereocenters. The lowest BCUT2D eigenvalue weighted by Gasteiger charge is -2.27. The third-order valence-corrected chi connectivity index (χ3v) is 7.10. The molecule has 9 heteroatoms. The fraction of sp³-hybridized carbons (Fsp3) is 0.333. The van der Waals surface area contributed by atoms with E-state index in [4.69, 9.17) is 4.99 Å². The van der Waals surface area contributed by atoms with Crippen LogP contribution in [0.15, 0.2) is 52.4 Å². The topological polar surface area (TPSA) is 74.1 Å². The highest BCUT2D eigenvalue weighted by molar-refractivity contribution is 8.15. The average molecular weight is 471 g/mol. The van der Waals surface area contributed by atoms with Gasteiger partial charge in [0.1, 0.15) is 23.5 Å². The number of nitrogens with zero attached hydrogens (tertiary/aromatic N) is 3. The van der Waals surface area contributed by atoms with Crippen LogP contribution in [-0.4, -0.2) is 39.0 Å². The van der Waals surface area contributed by atoms with E-state index in [1.54, 1.807) is 6.92 Å². The Labute approximate surface area is 195 Å². The van der Waals surface area contributed by atoms with Crippen LogP contribution in [0, 0.1) is 17.6 Å². The van der Waals surface area contributed by atoms with E-state index in [0.29, 0.717) is 23.1 Å². The molecule has 2 aliphatic rings. The van der Waals surface area contributed by atoms with Crippen molar-refractivity contribution in [2.45, 2.75) is 44.9 Å². The molecule has 0 aliphatic carbocycles. The summed E-state index contributed by atoms with van der Waals surface area (Å²) in [4.78, 5) is 37.1. The van der Waals surface area contributed by atoms with Crippen LogP contribution in [0.3, 0.4) is 0 Å². The van der Waals surface area contributed by atoms with E-state index in [2.05, 4.69) is 10.3 Å². The van der Waals surface area contributed by atoms with Crippen LogP contribution in [0.25, 0.3) is 0 Å². The maximum Gasteiger partial charge on any atom is 0.259 e. The number of rotatable bonds is 6. The second kappa shape index (κ2) is 9.43. The molecule has 0 bridgehead atoms. The molecule has 2 aromatic rings. The lowest BCUT2D eigenvalue weighted by Crippen LogP contribution is -2.43. The van der Waals surface area contributed by atoms with Gasteiger partial charge in [-0.25, -0.2) is 18.7 Å². The van der Waals surface area contributed by atoms with Crippen molar-refractivity contribution in [3.8, 4) is 0 Å². The number of amides is 2. The van der Waals surface area contributed by atoms with Crippen molar-refractivity contribution >= 4 is 46.0 Å². The molecule has 6 nitrogen and oxygen atoms in total. The summed E-state index contributed by atoms with van der Waals surface area (Å²) in [5, 5.41) is 2.12. The predicted molar refractivity (Wildman–Crippen MR) is 127 cm³/mol. The van der Waals surface area contributed by atoms with Gasteiger partial charge in [0.05, 0.1) is 16.6 Å². The molecule has 1 N–H and O–H groups in total. The standard InChI is InChI=1S/C24H24F2N4O2S/c1-4-13(3)20-23(32)30-21(29-20)15-8-6-7-9-17(15)28-24(30)33-19(5-2)22(31)27-18-12-14(25)10-11-16(18)26/h6-13,19-20H,4-5H2,1-3H3,(H,27,31)/t13-,19-,20+/m0/s1. The minimum Gasteiger partial charge on any atom is -0.323 e. The van der Waals surface area contributed by atoms with Crippen LogP contribution < -0.4 is 5.32 Å². The first-order valence-electron chi connectivity index (χ1n) is 10.9. The smallest absolute Gasteiger partial charge is 0.259 e. The number of carbonyl (C=O) groups is 2. The van der Waals surface area contributed by atoms with E-state index in [-0.39, 0.29) is 17.5 Å². The molecule has 33 heavy (non-hydrogen) atoms. The third kappa shape index (κ3) is 4.42. The average Bonchev–Trinajstić information content (AvgIpc) is 3.17. The molecular weight excluding hydrogens is 446 g/mol. The van der Waals surface area contributed by atoms with Crippen LogP contribution in [-0.2, 0) is 9.59 Å². The van der Waals surface area contributed by atoms with Crippen LogP contribution in [0.1, 0.15) is 39.2 Å². The molecular formula is C24H24F2N4O2S. The summed E-state index contributed by atoms with van der Waals surface area (Å²) in [5.41, 5.74) is 1.20. The van der Waals surface area contributed by atoms with Crippen LogP contribution in [0.5, 0.6) is 0 Å². The van der Waals surface area contributed by atoms with Crippen molar-refractivity contribution in [1.82, 2.24) is 4.90 Å². The number of aliphatic imine (C=N–C) groups is 2. The van der Waals surface area contributed by atoms with Gasteiger partial charge in [0.15, 0.2) is 5.17 Å². The highest BCUT2D eigenvalue weighted by atomic mass is 32.2. The Bertz CT molecular complexity index is 1170. The van der Waals surface area contributed by atoms with Crippen molar-refractivity contribution in [2.75, 3.05) is 5.32 Å². The van der Waals surface area contributed by atoms with Crippen LogP contribution in [0.2, 0.25) is 0 Å². The van der Waals surface area contributed by atoms with Crippen LogP contribution >= 0.6 is 11.8 Å². The summed E-state index contributed by atoms with van der Waals surface area (Å²) < 4.78 is 27.5. The monoisotopic (exact) mass is 470 g/mol. The van der Waals surface area contributed by atoms with Gasteiger partial charge >= 0.3 is 0 Å². The number of nitrogens with one attached hydrogen (secondary N) is 1. The zero-order valence-corrected chi connectivity index (χ0v) is 19.3. The lowest BCUT2D eigenvalue weighted by molar-refractivity contribution is -0.125. The number of carbonyl (C=O) groups excluding carboxylic acids is 2. The number of hydrogen-bond donors (Lipinski definition) is 1. The summed E-state index contributed by atoms with van der Waals surface area (Å²) in [7, 11) is 0. The first-order valence-corrected chi connectivity index (χ1v) is 11.7. The van der Waals surface area contributed by atoms with Gasteiger partial charge < -0.3 is 5.32 Å². The summed E-state index contributed by atoms with van der Waals surface area (Å²) in [6, 6.07) is 9.78. The second-order valence-corrected chi connectivity index (χ2v) is 9.17. The number of para-hydroxylation sites is 1. The molecule has 0 aromatic heterocycles. The summed E-state index contributed by atoms with van der Waals surface area (Å²) in [6.45, 7) is 5.80. The first kappa shape index (κ1) is 23.1.